The highest BCUT2D eigenvalue weighted by Crippen LogP contribution is 2.41. The Morgan fingerprint density at radius 3 is 2.86 bits per heavy atom. The van der Waals surface area contributed by atoms with E-state index in [0.29, 0.717) is 12.0 Å². The van der Waals surface area contributed by atoms with Gasteiger partial charge in [-0.2, -0.15) is 0 Å². The summed E-state index contributed by atoms with van der Waals surface area (Å²) in [5.41, 5.74) is 4.49. The van der Waals surface area contributed by atoms with Crippen LogP contribution in [0.1, 0.15) is 42.0 Å². The highest BCUT2D eigenvalue weighted by Gasteiger charge is 2.29. The van der Waals surface area contributed by atoms with E-state index in [-0.39, 0.29) is 0 Å². The Balaban J connectivity index is 1.81. The second-order valence-electron chi connectivity index (χ2n) is 5.61. The number of nitrogens with one attached hydrogen (secondary N) is 1. The molecule has 3 heteroatoms. The van der Waals surface area contributed by atoms with Crippen LogP contribution < -0.4 is 5.32 Å². The van der Waals surface area contributed by atoms with Crippen LogP contribution in [0.5, 0.6) is 0 Å². The first-order chi connectivity index (χ1) is 10.2. The standard InChI is InChI=1S/C18H19BrIN/c1-2-21-18(16-11-14(19)7-8-17(16)20)10-13-9-12-5-3-4-6-15(12)13/h3-8,11,13,18,21H,2,9-10H2,1H3. The molecule has 0 spiro atoms. The summed E-state index contributed by atoms with van der Waals surface area (Å²) in [4.78, 5) is 0. The molecule has 21 heavy (non-hydrogen) atoms. The topological polar surface area (TPSA) is 12.0 Å². The number of halogens is 2. The molecular weight excluding hydrogens is 437 g/mol. The van der Waals surface area contributed by atoms with Crippen molar-refractivity contribution in [3.63, 3.8) is 0 Å². The molecule has 0 amide bonds. The summed E-state index contributed by atoms with van der Waals surface area (Å²) in [6.07, 6.45) is 2.40. The SMILES string of the molecule is CCNC(CC1Cc2ccccc21)c1cc(Br)ccc1I. The molecule has 0 aliphatic heterocycles. The van der Waals surface area contributed by atoms with Gasteiger partial charge in [-0.3, -0.25) is 0 Å². The average Bonchev–Trinajstić information content (AvgIpc) is 2.46. The van der Waals surface area contributed by atoms with Crippen LogP contribution in [0.3, 0.4) is 0 Å². The van der Waals surface area contributed by atoms with E-state index < -0.39 is 0 Å². The van der Waals surface area contributed by atoms with Gasteiger partial charge in [0.15, 0.2) is 0 Å². The third-order valence-corrected chi connectivity index (χ3v) is 5.74. The first kappa shape index (κ1) is 15.5. The maximum Gasteiger partial charge on any atom is 0.0336 e. The minimum atomic E-state index is 0.428. The monoisotopic (exact) mass is 455 g/mol. The van der Waals surface area contributed by atoms with Crippen LogP contribution in [0.2, 0.25) is 0 Å². The summed E-state index contributed by atoms with van der Waals surface area (Å²) in [5, 5.41) is 3.67. The van der Waals surface area contributed by atoms with Gasteiger partial charge in [-0.1, -0.05) is 47.1 Å². The number of benzene rings is 2. The number of rotatable bonds is 5. The van der Waals surface area contributed by atoms with Gasteiger partial charge >= 0.3 is 0 Å². The van der Waals surface area contributed by atoms with Crippen molar-refractivity contribution in [3.05, 3.63) is 67.2 Å². The van der Waals surface area contributed by atoms with Crippen LogP contribution in [0.15, 0.2) is 46.9 Å². The quantitative estimate of drug-likeness (QED) is 0.592. The van der Waals surface area contributed by atoms with Crippen molar-refractivity contribution < 1.29 is 0 Å². The van der Waals surface area contributed by atoms with Gasteiger partial charge in [0.2, 0.25) is 0 Å². The number of hydrogen-bond donors (Lipinski definition) is 1. The van der Waals surface area contributed by atoms with Crippen molar-refractivity contribution >= 4 is 38.5 Å². The molecular formula is C18H19BrIN. The molecule has 2 aromatic carbocycles. The molecule has 2 unspecified atom stereocenters. The summed E-state index contributed by atoms with van der Waals surface area (Å²) in [6, 6.07) is 15.9. The second kappa shape index (κ2) is 6.80. The van der Waals surface area contributed by atoms with E-state index >= 15 is 0 Å². The van der Waals surface area contributed by atoms with E-state index in [9.17, 15) is 0 Å². The smallest absolute Gasteiger partial charge is 0.0336 e. The lowest BCUT2D eigenvalue weighted by molar-refractivity contribution is 0.434. The van der Waals surface area contributed by atoms with Crippen molar-refractivity contribution in [2.45, 2.75) is 31.7 Å². The van der Waals surface area contributed by atoms with E-state index in [0.717, 1.165) is 11.0 Å². The van der Waals surface area contributed by atoms with E-state index in [1.165, 1.54) is 27.5 Å². The minimum absolute atomic E-state index is 0.428. The molecule has 1 nitrogen and oxygen atoms in total. The molecule has 0 aromatic heterocycles. The molecule has 2 aromatic rings. The fraction of sp³-hybridized carbons (Fsp3) is 0.333. The maximum atomic E-state index is 3.67. The third kappa shape index (κ3) is 3.35. The van der Waals surface area contributed by atoms with E-state index in [2.05, 4.69) is 93.2 Å². The lowest BCUT2D eigenvalue weighted by Gasteiger charge is -2.34. The van der Waals surface area contributed by atoms with Gasteiger partial charge in [0, 0.05) is 14.1 Å². The molecule has 1 N–H and O–H groups in total. The average molecular weight is 456 g/mol. The fourth-order valence-electron chi connectivity index (χ4n) is 3.21. The van der Waals surface area contributed by atoms with Crippen molar-refractivity contribution in [2.75, 3.05) is 6.54 Å². The van der Waals surface area contributed by atoms with Crippen LogP contribution in [0.4, 0.5) is 0 Å². The van der Waals surface area contributed by atoms with Gasteiger partial charge in [-0.15, -0.1) is 0 Å². The molecule has 0 fully saturated rings. The molecule has 0 saturated carbocycles. The first-order valence-corrected chi connectivity index (χ1v) is 9.32. The first-order valence-electron chi connectivity index (χ1n) is 7.45. The molecule has 3 rings (SSSR count). The van der Waals surface area contributed by atoms with Crippen LogP contribution in [0.25, 0.3) is 0 Å². The predicted molar refractivity (Wildman–Crippen MR) is 101 cm³/mol. The zero-order valence-corrected chi connectivity index (χ0v) is 15.8. The largest absolute Gasteiger partial charge is 0.310 e. The third-order valence-electron chi connectivity index (χ3n) is 4.27. The van der Waals surface area contributed by atoms with Crippen molar-refractivity contribution in [1.29, 1.82) is 0 Å². The Morgan fingerprint density at radius 1 is 1.29 bits per heavy atom. The summed E-state index contributed by atoms with van der Waals surface area (Å²) in [5.74, 6) is 0.694. The summed E-state index contributed by atoms with van der Waals surface area (Å²) in [7, 11) is 0. The van der Waals surface area contributed by atoms with Crippen LogP contribution in [0, 0.1) is 3.57 Å². The maximum absolute atomic E-state index is 3.67. The van der Waals surface area contributed by atoms with Gasteiger partial charge < -0.3 is 5.32 Å². The summed E-state index contributed by atoms with van der Waals surface area (Å²) in [6.45, 7) is 3.19. The van der Waals surface area contributed by atoms with Crippen molar-refractivity contribution in [3.8, 4) is 0 Å². The highest BCUT2D eigenvalue weighted by atomic mass is 127. The van der Waals surface area contributed by atoms with E-state index in [1.807, 2.05) is 0 Å². The molecule has 110 valence electrons. The van der Waals surface area contributed by atoms with Crippen LogP contribution >= 0.6 is 38.5 Å². The lowest BCUT2D eigenvalue weighted by atomic mass is 9.74. The molecule has 1 aliphatic rings. The Kier molecular flexibility index (Phi) is 5.02. The predicted octanol–water partition coefficient (Wildman–Crippen LogP) is 5.43. The molecule has 0 saturated heterocycles. The second-order valence-corrected chi connectivity index (χ2v) is 7.69. The van der Waals surface area contributed by atoms with Crippen LogP contribution in [-0.2, 0) is 6.42 Å². The molecule has 1 aliphatic carbocycles. The summed E-state index contributed by atoms with van der Waals surface area (Å²) < 4.78 is 2.50. The van der Waals surface area contributed by atoms with Gasteiger partial charge in [-0.05, 0) is 82.8 Å². The van der Waals surface area contributed by atoms with Gasteiger partial charge in [-0.25, -0.2) is 0 Å². The molecule has 0 bridgehead atoms. The minimum Gasteiger partial charge on any atom is -0.310 e. The summed E-state index contributed by atoms with van der Waals surface area (Å²) >= 11 is 6.06. The number of hydrogen-bond acceptors (Lipinski definition) is 1. The Morgan fingerprint density at radius 2 is 2.10 bits per heavy atom. The zero-order chi connectivity index (χ0) is 14.8. The van der Waals surface area contributed by atoms with Gasteiger partial charge in [0.25, 0.3) is 0 Å². The highest BCUT2D eigenvalue weighted by molar-refractivity contribution is 14.1. The molecule has 0 radical (unpaired) electrons. The van der Waals surface area contributed by atoms with Crippen molar-refractivity contribution in [1.82, 2.24) is 5.32 Å². The zero-order valence-electron chi connectivity index (χ0n) is 12.1. The van der Waals surface area contributed by atoms with Crippen LogP contribution in [-0.4, -0.2) is 6.54 Å². The van der Waals surface area contributed by atoms with Crippen molar-refractivity contribution in [2.24, 2.45) is 0 Å². The van der Waals surface area contributed by atoms with Gasteiger partial charge in [0.05, 0.1) is 0 Å². The molecule has 0 heterocycles. The Labute approximate surface area is 148 Å². The Hall–Kier alpha value is -0.390. The Bertz CT molecular complexity index is 641. The van der Waals surface area contributed by atoms with E-state index in [4.69, 9.17) is 0 Å². The number of fused-ring (bicyclic) bond motifs is 1. The lowest BCUT2D eigenvalue weighted by Crippen LogP contribution is -2.27. The van der Waals surface area contributed by atoms with Gasteiger partial charge in [0.1, 0.15) is 0 Å². The van der Waals surface area contributed by atoms with E-state index in [1.54, 1.807) is 5.56 Å². The molecule has 2 atom stereocenters. The normalized spacial score (nSPS) is 18.0. The fourth-order valence-corrected chi connectivity index (χ4v) is 4.30.